The molecule has 0 saturated carbocycles. The van der Waals surface area contributed by atoms with Crippen LogP contribution in [0.4, 0.5) is 0 Å². The van der Waals surface area contributed by atoms with Gasteiger partial charge < -0.3 is 20.3 Å². The molecular weight excluding hydrogens is 328 g/mol. The minimum Gasteiger partial charge on any atom is -0.372 e. The molecule has 144 valence electrons. The number of nitrogens with zero attached hydrogens (tertiary/aromatic N) is 2. The molecule has 1 aliphatic heterocycles. The zero-order chi connectivity index (χ0) is 19.3. The highest BCUT2D eigenvalue weighted by molar-refractivity contribution is 5.94. The standard InChI is InChI=1S/C20H32N4O2/c1-14-12-24(13-15(2)26-14)18(25)17-9-7-16(8-10-17)11-22-19(21-6)23-20(3,4)5/h7-10,14-15H,11-13H2,1-6H3,(H2,21,22,23). The maximum atomic E-state index is 12.7. The zero-order valence-electron chi connectivity index (χ0n) is 16.8. The molecule has 0 spiro atoms. The Bertz CT molecular complexity index is 624. The number of hydrogen-bond acceptors (Lipinski definition) is 3. The Balaban J connectivity index is 1.94. The van der Waals surface area contributed by atoms with E-state index in [-0.39, 0.29) is 23.7 Å². The molecule has 1 heterocycles. The van der Waals surface area contributed by atoms with E-state index in [1.807, 2.05) is 43.0 Å². The molecule has 6 nitrogen and oxygen atoms in total. The molecule has 1 fully saturated rings. The number of carbonyl (C=O) groups excluding carboxylic acids is 1. The van der Waals surface area contributed by atoms with Gasteiger partial charge in [0.25, 0.3) is 5.91 Å². The van der Waals surface area contributed by atoms with Gasteiger partial charge in [-0.15, -0.1) is 0 Å². The van der Waals surface area contributed by atoms with E-state index in [1.165, 1.54) is 0 Å². The molecule has 1 aromatic rings. The fourth-order valence-electron chi connectivity index (χ4n) is 3.01. The van der Waals surface area contributed by atoms with Crippen LogP contribution in [-0.2, 0) is 11.3 Å². The van der Waals surface area contributed by atoms with Crippen LogP contribution in [0.15, 0.2) is 29.3 Å². The lowest BCUT2D eigenvalue weighted by Gasteiger charge is -2.35. The van der Waals surface area contributed by atoms with Crippen LogP contribution in [0.5, 0.6) is 0 Å². The number of morpholine rings is 1. The summed E-state index contributed by atoms with van der Waals surface area (Å²) in [6.45, 7) is 12.2. The molecule has 0 aliphatic carbocycles. The molecular formula is C20H32N4O2. The van der Waals surface area contributed by atoms with Gasteiger partial charge >= 0.3 is 0 Å². The van der Waals surface area contributed by atoms with E-state index in [2.05, 4.69) is 36.4 Å². The first kappa shape index (κ1) is 20.2. The molecule has 2 N–H and O–H groups in total. The number of rotatable bonds is 3. The van der Waals surface area contributed by atoms with Crippen molar-refractivity contribution in [3.63, 3.8) is 0 Å². The van der Waals surface area contributed by atoms with Gasteiger partial charge in [-0.1, -0.05) is 12.1 Å². The van der Waals surface area contributed by atoms with E-state index < -0.39 is 0 Å². The first-order chi connectivity index (χ1) is 12.2. The molecule has 1 aromatic carbocycles. The van der Waals surface area contributed by atoms with E-state index in [4.69, 9.17) is 4.74 Å². The lowest BCUT2D eigenvalue weighted by atomic mass is 10.1. The van der Waals surface area contributed by atoms with Crippen LogP contribution in [-0.4, -0.2) is 54.7 Å². The van der Waals surface area contributed by atoms with E-state index in [9.17, 15) is 4.79 Å². The van der Waals surface area contributed by atoms with Gasteiger partial charge in [0.05, 0.1) is 12.2 Å². The zero-order valence-corrected chi connectivity index (χ0v) is 16.8. The Morgan fingerprint density at radius 1 is 1.19 bits per heavy atom. The number of benzene rings is 1. The van der Waals surface area contributed by atoms with E-state index in [0.29, 0.717) is 25.2 Å². The summed E-state index contributed by atoms with van der Waals surface area (Å²) in [7, 11) is 1.76. The lowest BCUT2D eigenvalue weighted by Crippen LogP contribution is -2.48. The molecule has 1 aliphatic rings. The summed E-state index contributed by atoms with van der Waals surface area (Å²) < 4.78 is 5.70. The molecule has 26 heavy (non-hydrogen) atoms. The molecule has 1 amide bonds. The largest absolute Gasteiger partial charge is 0.372 e. The van der Waals surface area contributed by atoms with Crippen molar-refractivity contribution in [3.8, 4) is 0 Å². The smallest absolute Gasteiger partial charge is 0.254 e. The van der Waals surface area contributed by atoms with Gasteiger partial charge in [0.15, 0.2) is 5.96 Å². The van der Waals surface area contributed by atoms with E-state index in [1.54, 1.807) is 7.05 Å². The van der Waals surface area contributed by atoms with Crippen LogP contribution in [0.3, 0.4) is 0 Å². The highest BCUT2D eigenvalue weighted by Gasteiger charge is 2.26. The first-order valence-electron chi connectivity index (χ1n) is 9.20. The Kier molecular flexibility index (Phi) is 6.64. The van der Waals surface area contributed by atoms with Crippen molar-refractivity contribution in [1.82, 2.24) is 15.5 Å². The van der Waals surface area contributed by atoms with Crippen molar-refractivity contribution < 1.29 is 9.53 Å². The quantitative estimate of drug-likeness (QED) is 0.642. The second-order valence-electron chi connectivity index (χ2n) is 7.97. The SMILES string of the molecule is CN=C(NCc1ccc(C(=O)N2CC(C)OC(C)C2)cc1)NC(C)(C)C. The fourth-order valence-corrected chi connectivity index (χ4v) is 3.01. The van der Waals surface area contributed by atoms with Crippen molar-refractivity contribution in [2.24, 2.45) is 4.99 Å². The van der Waals surface area contributed by atoms with Crippen LogP contribution in [0.2, 0.25) is 0 Å². The van der Waals surface area contributed by atoms with Crippen LogP contribution < -0.4 is 10.6 Å². The highest BCUT2D eigenvalue weighted by Crippen LogP contribution is 2.15. The maximum absolute atomic E-state index is 12.7. The topological polar surface area (TPSA) is 66.0 Å². The molecule has 0 radical (unpaired) electrons. The van der Waals surface area contributed by atoms with Crippen molar-refractivity contribution in [3.05, 3.63) is 35.4 Å². The summed E-state index contributed by atoms with van der Waals surface area (Å²) in [6.07, 6.45) is 0.154. The Morgan fingerprint density at radius 2 is 1.77 bits per heavy atom. The predicted molar refractivity (Wildman–Crippen MR) is 105 cm³/mol. The summed E-state index contributed by atoms with van der Waals surface area (Å²) >= 11 is 0. The highest BCUT2D eigenvalue weighted by atomic mass is 16.5. The lowest BCUT2D eigenvalue weighted by molar-refractivity contribution is -0.0586. The number of carbonyl (C=O) groups is 1. The number of aliphatic imine (C=N–C) groups is 1. The number of guanidine groups is 1. The van der Waals surface area contributed by atoms with Gasteiger partial charge in [-0.3, -0.25) is 9.79 Å². The Morgan fingerprint density at radius 3 is 2.27 bits per heavy atom. The average Bonchev–Trinajstić information content (AvgIpc) is 2.56. The van der Waals surface area contributed by atoms with Crippen molar-refractivity contribution in [2.45, 2.75) is 58.9 Å². The summed E-state index contributed by atoms with van der Waals surface area (Å²) in [5.74, 6) is 0.825. The third-order valence-electron chi connectivity index (χ3n) is 4.08. The van der Waals surface area contributed by atoms with Gasteiger partial charge in [0.2, 0.25) is 0 Å². The first-order valence-corrected chi connectivity index (χ1v) is 9.20. The molecule has 2 unspecified atom stereocenters. The minimum absolute atomic E-state index is 0.0510. The third-order valence-corrected chi connectivity index (χ3v) is 4.08. The van der Waals surface area contributed by atoms with Gasteiger partial charge in [0.1, 0.15) is 0 Å². The molecule has 2 rings (SSSR count). The van der Waals surface area contributed by atoms with E-state index >= 15 is 0 Å². The summed E-state index contributed by atoms with van der Waals surface area (Å²) in [4.78, 5) is 18.8. The fraction of sp³-hybridized carbons (Fsp3) is 0.600. The molecule has 0 aromatic heterocycles. The monoisotopic (exact) mass is 360 g/mol. The molecule has 1 saturated heterocycles. The average molecular weight is 361 g/mol. The normalized spacial score (nSPS) is 21.5. The third kappa shape index (κ3) is 6.02. The number of hydrogen-bond donors (Lipinski definition) is 2. The molecule has 0 bridgehead atoms. The van der Waals surface area contributed by atoms with Gasteiger partial charge in [0, 0.05) is 37.8 Å². The van der Waals surface area contributed by atoms with Crippen molar-refractivity contribution in [2.75, 3.05) is 20.1 Å². The number of nitrogens with one attached hydrogen (secondary N) is 2. The second-order valence-corrected chi connectivity index (χ2v) is 7.97. The van der Waals surface area contributed by atoms with Crippen LogP contribution in [0.25, 0.3) is 0 Å². The second kappa shape index (κ2) is 8.54. The molecule has 2 atom stereocenters. The summed E-state index contributed by atoms with van der Waals surface area (Å²) in [5.41, 5.74) is 1.76. The Hall–Kier alpha value is -2.08. The number of amides is 1. The van der Waals surface area contributed by atoms with Gasteiger partial charge in [-0.05, 0) is 52.3 Å². The summed E-state index contributed by atoms with van der Waals surface area (Å²) in [6, 6.07) is 7.75. The van der Waals surface area contributed by atoms with Gasteiger partial charge in [-0.2, -0.15) is 0 Å². The van der Waals surface area contributed by atoms with E-state index in [0.717, 1.165) is 11.5 Å². The van der Waals surface area contributed by atoms with Crippen molar-refractivity contribution in [1.29, 1.82) is 0 Å². The predicted octanol–water partition coefficient (Wildman–Crippen LogP) is 2.40. The minimum atomic E-state index is -0.0510. The van der Waals surface area contributed by atoms with Crippen LogP contribution in [0.1, 0.15) is 50.5 Å². The number of ether oxygens (including phenoxy) is 1. The van der Waals surface area contributed by atoms with Gasteiger partial charge in [-0.25, -0.2) is 0 Å². The molecule has 6 heteroatoms. The van der Waals surface area contributed by atoms with Crippen molar-refractivity contribution >= 4 is 11.9 Å². The maximum Gasteiger partial charge on any atom is 0.254 e. The van der Waals surface area contributed by atoms with Crippen LogP contribution in [0, 0.1) is 0 Å². The Labute approximate surface area is 157 Å². The summed E-state index contributed by atoms with van der Waals surface area (Å²) in [5, 5.41) is 6.62. The van der Waals surface area contributed by atoms with Crippen LogP contribution >= 0.6 is 0 Å².